The van der Waals surface area contributed by atoms with Crippen LogP contribution in [0.1, 0.15) is 105 Å². The van der Waals surface area contributed by atoms with Gasteiger partial charge >= 0.3 is 0 Å². The van der Waals surface area contributed by atoms with Gasteiger partial charge in [0.15, 0.2) is 0 Å². The molecule has 13 aromatic rings. The molecule has 0 saturated heterocycles. The lowest BCUT2D eigenvalue weighted by molar-refractivity contribution is 0.567. The summed E-state index contributed by atoms with van der Waals surface area (Å²) >= 11 is 0. The summed E-state index contributed by atoms with van der Waals surface area (Å²) in [5, 5.41) is 10.1. The minimum atomic E-state index is -0.0249. The van der Waals surface area contributed by atoms with E-state index in [2.05, 4.69) is 247 Å². The van der Waals surface area contributed by atoms with Crippen molar-refractivity contribution in [3.8, 4) is 11.4 Å². The lowest BCUT2D eigenvalue weighted by Crippen LogP contribution is -2.17. The largest absolute Gasteiger partial charge is 0.309 e. The quantitative estimate of drug-likeness (QED) is 0.154. The zero-order valence-electron chi connectivity index (χ0n) is 41.6. The van der Waals surface area contributed by atoms with Crippen molar-refractivity contribution < 1.29 is 0 Å². The monoisotopic (exact) mass is 884 g/mol. The Labute approximate surface area is 398 Å². The molecule has 0 saturated carbocycles. The predicted octanol–water partition coefficient (Wildman–Crippen LogP) is 17.6. The molecule has 5 aromatic heterocycles. The van der Waals surface area contributed by atoms with Crippen LogP contribution in [0.4, 0.5) is 0 Å². The van der Waals surface area contributed by atoms with E-state index in [1.54, 1.807) is 0 Å². The van der Waals surface area contributed by atoms with E-state index >= 15 is 0 Å². The van der Waals surface area contributed by atoms with E-state index in [1.165, 1.54) is 132 Å². The highest BCUT2D eigenvalue weighted by Crippen LogP contribution is 2.47. The van der Waals surface area contributed by atoms with Crippen molar-refractivity contribution in [2.45, 2.75) is 105 Å². The summed E-state index contributed by atoms with van der Waals surface area (Å²) < 4.78 is 10.3. The molecule has 4 nitrogen and oxygen atoms in total. The van der Waals surface area contributed by atoms with Crippen LogP contribution >= 0.6 is 0 Å². The third-order valence-electron chi connectivity index (χ3n) is 15.4. The van der Waals surface area contributed by atoms with Gasteiger partial charge in [-0.15, -0.1) is 0 Å². The fourth-order valence-electron chi connectivity index (χ4n) is 11.7. The van der Waals surface area contributed by atoms with E-state index in [4.69, 9.17) is 0 Å². The number of hydrogen-bond donors (Lipinski definition) is 0. The first kappa shape index (κ1) is 41.2. The smallest absolute Gasteiger partial charge is 0.0790 e. The molecule has 336 valence electrons. The standard InChI is InChI=1S/C64H60N4/c1-61(2,3)37-29-38(62(4,5)6)32-41(31-37)65-51-23-15-14-20-44(51)49-35-56-50(36-55(49)65)46-22-18-26-54-57(46)67(56)53-25-17-21-45-48-28-27-47-43-19-13-16-24-52(43)66(59(47)60(48)68(54)58(45)53)42-33-39(63(7,8)9)30-40(34-42)64(10,11)12/h13-36H,1-12H3. The molecule has 0 radical (unpaired) electrons. The van der Waals surface area contributed by atoms with Crippen molar-refractivity contribution in [2.24, 2.45) is 0 Å². The fourth-order valence-corrected chi connectivity index (χ4v) is 11.7. The van der Waals surface area contributed by atoms with E-state index in [0.29, 0.717) is 0 Å². The van der Waals surface area contributed by atoms with Gasteiger partial charge in [0.2, 0.25) is 0 Å². The molecule has 0 atom stereocenters. The molecule has 0 aliphatic carbocycles. The minimum Gasteiger partial charge on any atom is -0.309 e. The lowest BCUT2D eigenvalue weighted by atomic mass is 9.80. The first-order valence-electron chi connectivity index (χ1n) is 24.6. The summed E-state index contributed by atoms with van der Waals surface area (Å²) in [4.78, 5) is 0. The zero-order valence-corrected chi connectivity index (χ0v) is 41.6. The number of hydrogen-bond acceptors (Lipinski definition) is 0. The van der Waals surface area contributed by atoms with Gasteiger partial charge in [-0.05, 0) is 105 Å². The number of nitrogens with zero attached hydrogens (tertiary/aromatic N) is 4. The highest BCUT2D eigenvalue weighted by molar-refractivity contribution is 6.28. The number of para-hydroxylation sites is 4. The molecule has 0 N–H and O–H groups in total. The maximum Gasteiger partial charge on any atom is 0.0790 e. The molecule has 0 aliphatic heterocycles. The van der Waals surface area contributed by atoms with Crippen molar-refractivity contribution in [1.82, 2.24) is 17.9 Å². The van der Waals surface area contributed by atoms with Crippen LogP contribution < -0.4 is 0 Å². The van der Waals surface area contributed by atoms with Crippen LogP contribution in [-0.4, -0.2) is 17.9 Å². The van der Waals surface area contributed by atoms with Crippen molar-refractivity contribution in [3.05, 3.63) is 168 Å². The van der Waals surface area contributed by atoms with Crippen LogP contribution in [0.25, 0.3) is 110 Å². The predicted molar refractivity (Wildman–Crippen MR) is 293 cm³/mol. The van der Waals surface area contributed by atoms with E-state index in [9.17, 15) is 0 Å². The van der Waals surface area contributed by atoms with Crippen LogP contribution in [0.15, 0.2) is 146 Å². The summed E-state index contributed by atoms with van der Waals surface area (Å²) in [6, 6.07) is 56.4. The number of rotatable bonds is 2. The zero-order chi connectivity index (χ0) is 47.1. The van der Waals surface area contributed by atoms with Crippen LogP contribution in [0, 0.1) is 0 Å². The van der Waals surface area contributed by atoms with Crippen LogP contribution in [0.3, 0.4) is 0 Å². The van der Waals surface area contributed by atoms with Gasteiger partial charge in [-0.1, -0.05) is 168 Å². The summed E-state index contributed by atoms with van der Waals surface area (Å²) in [5.74, 6) is 0. The minimum absolute atomic E-state index is 0.00536. The highest BCUT2D eigenvalue weighted by atomic mass is 15.1. The molecule has 0 aliphatic rings. The molecular formula is C64H60N4. The Bertz CT molecular complexity index is 4220. The molecule has 13 rings (SSSR count). The normalized spacial score (nSPS) is 13.6. The molecule has 68 heavy (non-hydrogen) atoms. The van der Waals surface area contributed by atoms with Crippen LogP contribution in [0.2, 0.25) is 0 Å². The van der Waals surface area contributed by atoms with E-state index < -0.39 is 0 Å². The third kappa shape index (κ3) is 5.61. The Morgan fingerprint density at radius 2 is 0.618 bits per heavy atom. The van der Waals surface area contributed by atoms with Crippen LogP contribution in [0.5, 0.6) is 0 Å². The van der Waals surface area contributed by atoms with Crippen LogP contribution in [-0.2, 0) is 21.7 Å². The van der Waals surface area contributed by atoms with E-state index in [-0.39, 0.29) is 21.7 Å². The van der Waals surface area contributed by atoms with Gasteiger partial charge in [-0.25, -0.2) is 0 Å². The Balaban J connectivity index is 1.19. The first-order valence-corrected chi connectivity index (χ1v) is 24.6. The van der Waals surface area contributed by atoms with Gasteiger partial charge in [-0.3, -0.25) is 0 Å². The van der Waals surface area contributed by atoms with Crippen molar-refractivity contribution in [3.63, 3.8) is 0 Å². The Morgan fingerprint density at radius 1 is 0.250 bits per heavy atom. The molecular weight excluding hydrogens is 825 g/mol. The second-order valence-corrected chi connectivity index (χ2v) is 24.0. The Kier molecular flexibility index (Phi) is 8.08. The molecule has 0 bridgehead atoms. The first-order chi connectivity index (χ1) is 32.3. The molecule has 0 amide bonds. The topological polar surface area (TPSA) is 18.7 Å². The SMILES string of the molecule is CC(C)(C)c1cc(-n2c3ccccc3c3cc4c(cc32)c2cccc3c2n4c2cccc4c5ccc6c7ccccc7n(-c7cc(C(C)(C)C)cc(C(C)(C)C)c7)c6c5n3c42)cc(C(C)(C)C)c1. The fraction of sp³-hybridized carbons (Fsp3) is 0.250. The van der Waals surface area contributed by atoms with E-state index in [0.717, 1.165) is 0 Å². The lowest BCUT2D eigenvalue weighted by Gasteiger charge is -2.27. The molecule has 8 aromatic carbocycles. The van der Waals surface area contributed by atoms with E-state index in [1.807, 2.05) is 0 Å². The van der Waals surface area contributed by atoms with Gasteiger partial charge in [0.25, 0.3) is 0 Å². The molecule has 0 spiro atoms. The van der Waals surface area contributed by atoms with Gasteiger partial charge in [0.1, 0.15) is 0 Å². The highest BCUT2D eigenvalue weighted by Gasteiger charge is 2.28. The third-order valence-corrected chi connectivity index (χ3v) is 15.4. The molecule has 5 heterocycles. The molecule has 4 heteroatoms. The van der Waals surface area contributed by atoms with Gasteiger partial charge in [0, 0.05) is 54.5 Å². The van der Waals surface area contributed by atoms with Crippen molar-refractivity contribution in [1.29, 1.82) is 0 Å². The second kappa shape index (κ2) is 13.3. The van der Waals surface area contributed by atoms with Gasteiger partial charge < -0.3 is 17.9 Å². The average Bonchev–Trinajstić information content (AvgIpc) is 4.02. The Hall–Kier alpha value is -7.04. The summed E-state index contributed by atoms with van der Waals surface area (Å²) in [7, 11) is 0. The van der Waals surface area contributed by atoms with Gasteiger partial charge in [-0.2, -0.15) is 0 Å². The average molecular weight is 885 g/mol. The summed E-state index contributed by atoms with van der Waals surface area (Å²) in [6.07, 6.45) is 0. The van der Waals surface area contributed by atoms with Crippen molar-refractivity contribution >= 4 is 98.3 Å². The number of aromatic nitrogens is 4. The number of benzene rings is 8. The maximum absolute atomic E-state index is 2.62. The second-order valence-electron chi connectivity index (χ2n) is 24.0. The maximum atomic E-state index is 2.62. The van der Waals surface area contributed by atoms with Gasteiger partial charge in [0.05, 0.1) is 55.2 Å². The number of fused-ring (bicyclic) bond motifs is 15. The Morgan fingerprint density at radius 3 is 1.16 bits per heavy atom. The molecule has 0 fully saturated rings. The van der Waals surface area contributed by atoms with Crippen molar-refractivity contribution in [2.75, 3.05) is 0 Å². The summed E-state index contributed by atoms with van der Waals surface area (Å²) in [5.41, 5.74) is 20.1. The molecule has 0 unspecified atom stereocenters. The summed E-state index contributed by atoms with van der Waals surface area (Å²) in [6.45, 7) is 28.0.